The Balaban J connectivity index is 2.41. The van der Waals surface area contributed by atoms with Crippen LogP contribution in [0.3, 0.4) is 0 Å². The first-order valence-electron chi connectivity index (χ1n) is 6.44. The zero-order valence-electron chi connectivity index (χ0n) is 11.8. The summed E-state index contributed by atoms with van der Waals surface area (Å²) in [6, 6.07) is 10.6. The van der Waals surface area contributed by atoms with Gasteiger partial charge >= 0.3 is 0 Å². The van der Waals surface area contributed by atoms with Gasteiger partial charge in [0, 0.05) is 21.1 Å². The van der Waals surface area contributed by atoms with Crippen LogP contribution in [0.4, 0.5) is 0 Å². The van der Waals surface area contributed by atoms with Gasteiger partial charge in [0.1, 0.15) is 0 Å². The van der Waals surface area contributed by atoms with Crippen LogP contribution < -0.4 is 0 Å². The predicted octanol–water partition coefficient (Wildman–Crippen LogP) is 5.00. The van der Waals surface area contributed by atoms with Crippen LogP contribution in [0.5, 0.6) is 0 Å². The Kier molecular flexibility index (Phi) is 4.63. The molecule has 0 aliphatic carbocycles. The van der Waals surface area contributed by atoms with Gasteiger partial charge in [0.05, 0.1) is 6.54 Å². The Morgan fingerprint density at radius 3 is 2.29 bits per heavy atom. The third-order valence-electron chi connectivity index (χ3n) is 3.24. The van der Waals surface area contributed by atoms with Gasteiger partial charge in [0.15, 0.2) is 5.78 Å². The minimum absolute atomic E-state index is 0.0306. The maximum Gasteiger partial charge on any atom is 0.193 e. The summed E-state index contributed by atoms with van der Waals surface area (Å²) in [5.74, 6) is -0.0306. The second-order valence-electron chi connectivity index (χ2n) is 4.83. The topological polar surface area (TPSA) is 65.8 Å². The molecule has 0 amide bonds. The van der Waals surface area contributed by atoms with Crippen molar-refractivity contribution in [2.75, 3.05) is 0 Å². The van der Waals surface area contributed by atoms with Crippen LogP contribution in [0.25, 0.3) is 10.4 Å². The molecular weight excluding hydrogens is 286 g/mol. The van der Waals surface area contributed by atoms with E-state index in [9.17, 15) is 4.79 Å². The Bertz CT molecular complexity index is 709. The molecule has 0 unspecified atom stereocenters. The van der Waals surface area contributed by atoms with Crippen LogP contribution in [-0.2, 0) is 6.54 Å². The fourth-order valence-electron chi connectivity index (χ4n) is 2.36. The van der Waals surface area contributed by atoms with E-state index in [4.69, 9.17) is 17.1 Å². The molecule has 0 aliphatic heterocycles. The minimum atomic E-state index is -0.0306. The third kappa shape index (κ3) is 3.43. The van der Waals surface area contributed by atoms with E-state index in [1.54, 1.807) is 24.3 Å². The summed E-state index contributed by atoms with van der Waals surface area (Å²) in [4.78, 5) is 15.3. The van der Waals surface area contributed by atoms with Gasteiger partial charge in [-0.05, 0) is 60.3 Å². The maximum absolute atomic E-state index is 12.6. The van der Waals surface area contributed by atoms with E-state index >= 15 is 0 Å². The molecule has 0 saturated carbocycles. The molecule has 2 aromatic carbocycles. The average molecular weight is 300 g/mol. The molecule has 21 heavy (non-hydrogen) atoms. The fourth-order valence-corrected chi connectivity index (χ4v) is 2.49. The molecule has 4 nitrogen and oxygen atoms in total. The third-order valence-corrected chi connectivity index (χ3v) is 3.49. The standard InChI is InChI=1S/C16H14ClN3O/c1-10-7-12(9-19-20-18)8-11(2)15(10)16(21)13-3-5-14(17)6-4-13/h3-8H,9H2,1-2H3. The number of aryl methyl sites for hydroxylation is 2. The van der Waals surface area contributed by atoms with Gasteiger partial charge in [0.25, 0.3) is 0 Å². The van der Waals surface area contributed by atoms with Crippen molar-refractivity contribution in [3.63, 3.8) is 0 Å². The number of benzene rings is 2. The molecular formula is C16H14ClN3O. The number of carbonyl (C=O) groups is 1. The molecule has 0 aromatic heterocycles. The van der Waals surface area contributed by atoms with Crippen LogP contribution >= 0.6 is 11.6 Å². The number of ketones is 1. The first kappa shape index (κ1) is 15.1. The highest BCUT2D eigenvalue weighted by molar-refractivity contribution is 6.30. The highest BCUT2D eigenvalue weighted by Gasteiger charge is 2.15. The largest absolute Gasteiger partial charge is 0.289 e. The van der Waals surface area contributed by atoms with E-state index in [-0.39, 0.29) is 12.3 Å². The summed E-state index contributed by atoms with van der Waals surface area (Å²) in [7, 11) is 0. The van der Waals surface area contributed by atoms with E-state index in [1.807, 2.05) is 26.0 Å². The number of halogens is 1. The monoisotopic (exact) mass is 299 g/mol. The molecule has 0 saturated heterocycles. The molecule has 5 heteroatoms. The minimum Gasteiger partial charge on any atom is -0.289 e. The number of hydrogen-bond acceptors (Lipinski definition) is 2. The van der Waals surface area contributed by atoms with Gasteiger partial charge in [-0.2, -0.15) is 0 Å². The molecule has 0 fully saturated rings. The summed E-state index contributed by atoms with van der Waals surface area (Å²) >= 11 is 5.84. The molecule has 0 heterocycles. The molecule has 0 atom stereocenters. The number of rotatable bonds is 4. The second-order valence-corrected chi connectivity index (χ2v) is 5.27. The Labute approximate surface area is 128 Å². The van der Waals surface area contributed by atoms with Crippen LogP contribution in [0, 0.1) is 13.8 Å². The van der Waals surface area contributed by atoms with Crippen molar-refractivity contribution in [3.8, 4) is 0 Å². The van der Waals surface area contributed by atoms with Crippen molar-refractivity contribution >= 4 is 17.4 Å². The molecule has 0 bridgehead atoms. The van der Waals surface area contributed by atoms with Crippen molar-refractivity contribution in [1.29, 1.82) is 0 Å². The normalized spacial score (nSPS) is 10.0. The first-order chi connectivity index (χ1) is 10.0. The molecule has 0 spiro atoms. The number of azide groups is 1. The molecule has 0 aliphatic rings. The lowest BCUT2D eigenvalue weighted by Crippen LogP contribution is -2.07. The quantitative estimate of drug-likeness (QED) is 0.339. The van der Waals surface area contributed by atoms with Crippen LogP contribution in [0.2, 0.25) is 5.02 Å². The highest BCUT2D eigenvalue weighted by Crippen LogP contribution is 2.22. The maximum atomic E-state index is 12.6. The molecule has 2 rings (SSSR count). The van der Waals surface area contributed by atoms with E-state index in [1.165, 1.54) is 0 Å². The van der Waals surface area contributed by atoms with Crippen molar-refractivity contribution in [2.24, 2.45) is 5.11 Å². The Morgan fingerprint density at radius 2 is 1.76 bits per heavy atom. The second kappa shape index (κ2) is 6.44. The van der Waals surface area contributed by atoms with Crippen LogP contribution in [0.15, 0.2) is 41.5 Å². The summed E-state index contributed by atoms with van der Waals surface area (Å²) in [6.45, 7) is 4.05. The molecule has 106 valence electrons. The number of hydrogen-bond donors (Lipinski definition) is 0. The van der Waals surface area contributed by atoms with E-state index in [0.717, 1.165) is 16.7 Å². The fraction of sp³-hybridized carbons (Fsp3) is 0.188. The zero-order chi connectivity index (χ0) is 15.4. The van der Waals surface area contributed by atoms with Gasteiger partial charge in [-0.25, -0.2) is 0 Å². The van der Waals surface area contributed by atoms with E-state index < -0.39 is 0 Å². The highest BCUT2D eigenvalue weighted by atomic mass is 35.5. The summed E-state index contributed by atoms with van der Waals surface area (Å²) in [6.07, 6.45) is 0. The predicted molar refractivity (Wildman–Crippen MR) is 83.7 cm³/mol. The van der Waals surface area contributed by atoms with Gasteiger partial charge in [0.2, 0.25) is 0 Å². The van der Waals surface area contributed by atoms with Gasteiger partial charge in [-0.15, -0.1) is 0 Å². The van der Waals surface area contributed by atoms with E-state index in [2.05, 4.69) is 10.0 Å². The lowest BCUT2D eigenvalue weighted by atomic mass is 9.93. The van der Waals surface area contributed by atoms with Crippen molar-refractivity contribution in [3.05, 3.63) is 79.7 Å². The van der Waals surface area contributed by atoms with Crippen molar-refractivity contribution in [1.82, 2.24) is 0 Å². The number of carbonyl (C=O) groups excluding carboxylic acids is 1. The van der Waals surface area contributed by atoms with Gasteiger partial charge < -0.3 is 0 Å². The smallest absolute Gasteiger partial charge is 0.193 e. The summed E-state index contributed by atoms with van der Waals surface area (Å²) in [5.41, 5.74) is 12.3. The van der Waals surface area contributed by atoms with Crippen LogP contribution in [-0.4, -0.2) is 5.78 Å². The Hall–Kier alpha value is -2.29. The zero-order valence-corrected chi connectivity index (χ0v) is 12.6. The van der Waals surface area contributed by atoms with Gasteiger partial charge in [-0.1, -0.05) is 28.8 Å². The molecule has 2 aromatic rings. The molecule has 0 N–H and O–H groups in total. The van der Waals surface area contributed by atoms with Gasteiger partial charge in [-0.3, -0.25) is 4.79 Å². The first-order valence-corrected chi connectivity index (χ1v) is 6.82. The van der Waals surface area contributed by atoms with E-state index in [0.29, 0.717) is 16.1 Å². The molecule has 0 radical (unpaired) electrons. The SMILES string of the molecule is Cc1cc(CN=[N+]=[N-])cc(C)c1C(=O)c1ccc(Cl)cc1. The number of nitrogens with zero attached hydrogens (tertiary/aromatic N) is 3. The average Bonchev–Trinajstić information content (AvgIpc) is 2.45. The van der Waals surface area contributed by atoms with Crippen molar-refractivity contribution in [2.45, 2.75) is 20.4 Å². The summed E-state index contributed by atoms with van der Waals surface area (Å²) < 4.78 is 0. The van der Waals surface area contributed by atoms with Crippen LogP contribution in [0.1, 0.15) is 32.6 Å². The lowest BCUT2D eigenvalue weighted by Gasteiger charge is -2.11. The Morgan fingerprint density at radius 1 is 1.19 bits per heavy atom. The summed E-state index contributed by atoms with van der Waals surface area (Å²) in [5, 5.41) is 4.15. The van der Waals surface area contributed by atoms with Crippen molar-refractivity contribution < 1.29 is 4.79 Å². The lowest BCUT2D eigenvalue weighted by molar-refractivity contribution is 0.103.